The average molecular weight is 279 g/mol. The van der Waals surface area contributed by atoms with Crippen LogP contribution >= 0.6 is 0 Å². The van der Waals surface area contributed by atoms with Gasteiger partial charge in [0.25, 0.3) is 0 Å². The van der Waals surface area contributed by atoms with Crippen LogP contribution < -0.4 is 14.8 Å². The fourth-order valence-electron chi connectivity index (χ4n) is 2.47. The Labute approximate surface area is 121 Å². The molecule has 2 unspecified atom stereocenters. The van der Waals surface area contributed by atoms with Gasteiger partial charge < -0.3 is 19.5 Å². The Bertz CT molecular complexity index is 449. The Kier molecular flexibility index (Phi) is 4.89. The van der Waals surface area contributed by atoms with Crippen molar-refractivity contribution in [1.29, 1.82) is 0 Å². The molecule has 4 nitrogen and oxygen atoms in total. The highest BCUT2D eigenvalue weighted by atomic mass is 16.5. The SMILES string of the molecule is CCOc1cc(CNC2(C)CCOC2C)ccc1OC. The van der Waals surface area contributed by atoms with Crippen molar-refractivity contribution in [3.63, 3.8) is 0 Å². The van der Waals surface area contributed by atoms with Crippen molar-refractivity contribution in [3.05, 3.63) is 23.8 Å². The second kappa shape index (κ2) is 6.46. The van der Waals surface area contributed by atoms with E-state index in [-0.39, 0.29) is 11.6 Å². The van der Waals surface area contributed by atoms with Crippen LogP contribution in [-0.2, 0) is 11.3 Å². The Hall–Kier alpha value is -1.26. The van der Waals surface area contributed by atoms with Gasteiger partial charge in [0.15, 0.2) is 11.5 Å². The van der Waals surface area contributed by atoms with Crippen molar-refractivity contribution < 1.29 is 14.2 Å². The predicted molar refractivity (Wildman–Crippen MR) is 79.4 cm³/mol. The molecule has 0 aromatic heterocycles. The highest BCUT2D eigenvalue weighted by Crippen LogP contribution is 2.29. The second-order valence-corrected chi connectivity index (χ2v) is 5.45. The molecule has 0 saturated carbocycles. The van der Waals surface area contributed by atoms with Crippen LogP contribution in [0.2, 0.25) is 0 Å². The lowest BCUT2D eigenvalue weighted by Crippen LogP contribution is -2.47. The van der Waals surface area contributed by atoms with Crippen molar-refractivity contribution in [2.24, 2.45) is 0 Å². The van der Waals surface area contributed by atoms with Crippen LogP contribution in [0.25, 0.3) is 0 Å². The van der Waals surface area contributed by atoms with E-state index in [0.717, 1.165) is 31.1 Å². The molecule has 1 fully saturated rings. The van der Waals surface area contributed by atoms with Crippen molar-refractivity contribution in [2.45, 2.75) is 45.4 Å². The summed E-state index contributed by atoms with van der Waals surface area (Å²) < 4.78 is 16.6. The van der Waals surface area contributed by atoms with E-state index >= 15 is 0 Å². The molecule has 0 spiro atoms. The summed E-state index contributed by atoms with van der Waals surface area (Å²) >= 11 is 0. The lowest BCUT2D eigenvalue weighted by atomic mass is 9.94. The van der Waals surface area contributed by atoms with Gasteiger partial charge in [0.05, 0.1) is 19.8 Å². The summed E-state index contributed by atoms with van der Waals surface area (Å²) in [6.07, 6.45) is 1.29. The van der Waals surface area contributed by atoms with Gasteiger partial charge in [-0.3, -0.25) is 0 Å². The van der Waals surface area contributed by atoms with Gasteiger partial charge in [-0.1, -0.05) is 6.07 Å². The van der Waals surface area contributed by atoms with E-state index < -0.39 is 0 Å². The number of hydrogen-bond acceptors (Lipinski definition) is 4. The monoisotopic (exact) mass is 279 g/mol. The molecule has 1 N–H and O–H groups in total. The largest absolute Gasteiger partial charge is 0.493 e. The molecule has 1 aliphatic rings. The molecule has 2 rings (SSSR count). The molecular weight excluding hydrogens is 254 g/mol. The number of ether oxygens (including phenoxy) is 3. The van der Waals surface area contributed by atoms with Gasteiger partial charge >= 0.3 is 0 Å². The van der Waals surface area contributed by atoms with Gasteiger partial charge in [0.2, 0.25) is 0 Å². The minimum atomic E-state index is 0.0473. The Balaban J connectivity index is 2.04. The Morgan fingerprint density at radius 1 is 1.40 bits per heavy atom. The molecule has 0 aliphatic carbocycles. The summed E-state index contributed by atoms with van der Waals surface area (Å²) in [6.45, 7) is 8.59. The van der Waals surface area contributed by atoms with E-state index in [1.165, 1.54) is 5.56 Å². The van der Waals surface area contributed by atoms with Crippen molar-refractivity contribution in [1.82, 2.24) is 5.32 Å². The maximum absolute atomic E-state index is 5.65. The second-order valence-electron chi connectivity index (χ2n) is 5.45. The summed E-state index contributed by atoms with van der Waals surface area (Å²) in [4.78, 5) is 0. The van der Waals surface area contributed by atoms with Crippen molar-refractivity contribution >= 4 is 0 Å². The number of benzene rings is 1. The molecule has 4 heteroatoms. The van der Waals surface area contributed by atoms with Gasteiger partial charge in [0.1, 0.15) is 0 Å². The first kappa shape index (κ1) is 15.1. The fourth-order valence-corrected chi connectivity index (χ4v) is 2.47. The topological polar surface area (TPSA) is 39.7 Å². The van der Waals surface area contributed by atoms with E-state index in [4.69, 9.17) is 14.2 Å². The van der Waals surface area contributed by atoms with E-state index in [0.29, 0.717) is 6.61 Å². The van der Waals surface area contributed by atoms with Gasteiger partial charge in [-0.05, 0) is 44.9 Å². The first-order chi connectivity index (χ1) is 9.59. The third kappa shape index (κ3) is 3.25. The van der Waals surface area contributed by atoms with Crippen LogP contribution in [0.3, 0.4) is 0 Å². The summed E-state index contributed by atoms with van der Waals surface area (Å²) in [7, 11) is 1.66. The first-order valence-electron chi connectivity index (χ1n) is 7.25. The summed E-state index contributed by atoms with van der Waals surface area (Å²) in [6, 6.07) is 6.07. The fraction of sp³-hybridized carbons (Fsp3) is 0.625. The van der Waals surface area contributed by atoms with Crippen LogP contribution in [-0.4, -0.2) is 32.0 Å². The van der Waals surface area contributed by atoms with E-state index in [9.17, 15) is 0 Å². The number of rotatable bonds is 6. The minimum Gasteiger partial charge on any atom is -0.493 e. The molecule has 1 saturated heterocycles. The van der Waals surface area contributed by atoms with Gasteiger partial charge in [-0.25, -0.2) is 0 Å². The normalized spacial score (nSPS) is 25.7. The maximum atomic E-state index is 5.65. The molecule has 0 radical (unpaired) electrons. The highest BCUT2D eigenvalue weighted by Gasteiger charge is 2.36. The smallest absolute Gasteiger partial charge is 0.161 e. The van der Waals surface area contributed by atoms with Gasteiger partial charge in [-0.2, -0.15) is 0 Å². The standard InChI is InChI=1S/C16H25NO3/c1-5-19-15-10-13(6-7-14(15)18-4)11-17-16(3)8-9-20-12(16)2/h6-7,10,12,17H,5,8-9,11H2,1-4H3. The lowest BCUT2D eigenvalue weighted by molar-refractivity contribution is 0.0881. The number of nitrogens with one attached hydrogen (secondary N) is 1. The summed E-state index contributed by atoms with van der Waals surface area (Å²) in [5.74, 6) is 1.58. The third-order valence-corrected chi connectivity index (χ3v) is 4.11. The quantitative estimate of drug-likeness (QED) is 0.869. The summed E-state index contributed by atoms with van der Waals surface area (Å²) in [5, 5.41) is 3.61. The third-order valence-electron chi connectivity index (χ3n) is 4.11. The molecule has 0 amide bonds. The van der Waals surface area contributed by atoms with Crippen LogP contribution in [0.4, 0.5) is 0 Å². The van der Waals surface area contributed by atoms with E-state index in [1.807, 2.05) is 19.1 Å². The highest BCUT2D eigenvalue weighted by molar-refractivity contribution is 5.43. The average Bonchev–Trinajstić information content (AvgIpc) is 2.78. The molecule has 112 valence electrons. The minimum absolute atomic E-state index is 0.0473. The molecule has 20 heavy (non-hydrogen) atoms. The number of methoxy groups -OCH3 is 1. The zero-order valence-corrected chi connectivity index (χ0v) is 12.9. The maximum Gasteiger partial charge on any atom is 0.161 e. The van der Waals surface area contributed by atoms with Gasteiger partial charge in [0, 0.05) is 18.7 Å². The van der Waals surface area contributed by atoms with Crippen LogP contribution in [0.1, 0.15) is 32.8 Å². The Morgan fingerprint density at radius 2 is 2.20 bits per heavy atom. The van der Waals surface area contributed by atoms with Crippen LogP contribution in [0.15, 0.2) is 18.2 Å². The molecule has 2 atom stereocenters. The Morgan fingerprint density at radius 3 is 2.80 bits per heavy atom. The van der Waals surface area contributed by atoms with Crippen LogP contribution in [0, 0.1) is 0 Å². The molecular formula is C16H25NO3. The van der Waals surface area contributed by atoms with E-state index in [1.54, 1.807) is 7.11 Å². The molecule has 1 aromatic carbocycles. The predicted octanol–water partition coefficient (Wildman–Crippen LogP) is 2.75. The van der Waals surface area contributed by atoms with Gasteiger partial charge in [-0.15, -0.1) is 0 Å². The van der Waals surface area contributed by atoms with Crippen LogP contribution in [0.5, 0.6) is 11.5 Å². The lowest BCUT2D eigenvalue weighted by Gasteiger charge is -2.29. The van der Waals surface area contributed by atoms with Crippen molar-refractivity contribution in [2.75, 3.05) is 20.3 Å². The molecule has 1 aliphatic heterocycles. The molecule has 1 aromatic rings. The summed E-state index contributed by atoms with van der Waals surface area (Å²) in [5.41, 5.74) is 1.24. The zero-order chi connectivity index (χ0) is 14.6. The molecule has 1 heterocycles. The zero-order valence-electron chi connectivity index (χ0n) is 12.9. The van der Waals surface area contributed by atoms with Crippen molar-refractivity contribution in [3.8, 4) is 11.5 Å². The van der Waals surface area contributed by atoms with E-state index in [2.05, 4.69) is 25.2 Å². The molecule has 0 bridgehead atoms. The first-order valence-corrected chi connectivity index (χ1v) is 7.25. The number of hydrogen-bond donors (Lipinski definition) is 1.